The van der Waals surface area contributed by atoms with Gasteiger partial charge < -0.3 is 0 Å². The number of hydrogen-bond acceptors (Lipinski definition) is 1. The van der Waals surface area contributed by atoms with Crippen LogP contribution >= 0.6 is 0 Å². The normalized spacial score (nSPS) is 45.7. The van der Waals surface area contributed by atoms with E-state index in [2.05, 4.69) is 37.9 Å². The standard InChI is InChI=1S/C20H35N/c1-15-11-12-17-8-4-5-10-20(17)19(15)14-13-18-9-6-7-16(2)21(18)3/h13-20H,4-12H2,1-3H3/b14-13+/t15-,16+,17-,18-,19+,20+/m1/s1. The minimum atomic E-state index is 0.699. The predicted octanol–water partition coefficient (Wildman–Crippen LogP) is 5.27. The Kier molecular flexibility index (Phi) is 5.09. The summed E-state index contributed by atoms with van der Waals surface area (Å²) in [7, 11) is 2.33. The second-order valence-corrected chi connectivity index (χ2v) is 8.24. The van der Waals surface area contributed by atoms with E-state index in [1.807, 2.05) is 0 Å². The van der Waals surface area contributed by atoms with E-state index in [0.29, 0.717) is 6.04 Å². The van der Waals surface area contributed by atoms with Crippen molar-refractivity contribution in [1.82, 2.24) is 4.90 Å². The Bertz CT molecular complexity index is 361. The number of hydrogen-bond donors (Lipinski definition) is 0. The molecule has 3 fully saturated rings. The summed E-state index contributed by atoms with van der Waals surface area (Å²) >= 11 is 0. The molecule has 2 saturated carbocycles. The van der Waals surface area contributed by atoms with Crippen LogP contribution in [0, 0.1) is 23.7 Å². The third-order valence-corrected chi connectivity index (χ3v) is 7.01. The number of likely N-dealkylation sites (N-methyl/N-ethyl adjacent to an activating group) is 1. The van der Waals surface area contributed by atoms with E-state index >= 15 is 0 Å². The molecular formula is C20H35N. The van der Waals surface area contributed by atoms with Crippen molar-refractivity contribution in [3.8, 4) is 0 Å². The van der Waals surface area contributed by atoms with Gasteiger partial charge in [0.25, 0.3) is 0 Å². The quantitative estimate of drug-likeness (QED) is 0.626. The van der Waals surface area contributed by atoms with E-state index < -0.39 is 0 Å². The third kappa shape index (κ3) is 3.38. The molecule has 0 amide bonds. The van der Waals surface area contributed by atoms with Gasteiger partial charge in [0.15, 0.2) is 0 Å². The second-order valence-electron chi connectivity index (χ2n) is 8.24. The summed E-state index contributed by atoms with van der Waals surface area (Å²) in [5, 5.41) is 0. The number of piperidine rings is 1. The van der Waals surface area contributed by atoms with E-state index in [4.69, 9.17) is 0 Å². The molecule has 0 aromatic carbocycles. The largest absolute Gasteiger partial charge is 0.297 e. The molecule has 0 radical (unpaired) electrons. The summed E-state index contributed by atoms with van der Waals surface area (Å²) in [6.07, 6.45) is 18.4. The average Bonchev–Trinajstić information content (AvgIpc) is 2.50. The van der Waals surface area contributed by atoms with E-state index in [1.165, 1.54) is 57.8 Å². The highest BCUT2D eigenvalue weighted by Crippen LogP contribution is 2.46. The Balaban J connectivity index is 1.67. The van der Waals surface area contributed by atoms with Gasteiger partial charge in [-0.2, -0.15) is 0 Å². The molecule has 1 aliphatic heterocycles. The number of allylic oxidation sites excluding steroid dienone is 1. The van der Waals surface area contributed by atoms with Crippen LogP contribution in [-0.2, 0) is 0 Å². The summed E-state index contributed by atoms with van der Waals surface area (Å²) in [6.45, 7) is 4.90. The summed E-state index contributed by atoms with van der Waals surface area (Å²) in [5.41, 5.74) is 0. The number of likely N-dealkylation sites (tertiary alicyclic amines) is 1. The van der Waals surface area contributed by atoms with Gasteiger partial charge in [0.2, 0.25) is 0 Å². The van der Waals surface area contributed by atoms with Gasteiger partial charge in [0.1, 0.15) is 0 Å². The van der Waals surface area contributed by atoms with Crippen LogP contribution in [0.4, 0.5) is 0 Å². The molecule has 0 aromatic rings. The SMILES string of the molecule is C[C@@H]1CC[C@H]2CCCC[C@@H]2[C@H]1/C=C/[C@H]1CCC[C@H](C)N1C. The first-order valence-corrected chi connectivity index (χ1v) is 9.57. The second kappa shape index (κ2) is 6.86. The average molecular weight is 290 g/mol. The molecule has 21 heavy (non-hydrogen) atoms. The molecule has 1 saturated heterocycles. The van der Waals surface area contributed by atoms with Crippen molar-refractivity contribution in [2.75, 3.05) is 7.05 Å². The van der Waals surface area contributed by atoms with E-state index in [1.54, 1.807) is 0 Å². The van der Waals surface area contributed by atoms with Crippen LogP contribution in [0.1, 0.15) is 71.6 Å². The van der Waals surface area contributed by atoms with E-state index in [0.717, 1.165) is 29.7 Å². The molecule has 0 unspecified atom stereocenters. The Hall–Kier alpha value is -0.300. The zero-order valence-corrected chi connectivity index (χ0v) is 14.4. The van der Waals surface area contributed by atoms with Crippen molar-refractivity contribution in [2.45, 2.75) is 83.7 Å². The highest BCUT2D eigenvalue weighted by molar-refractivity contribution is 5.04. The lowest BCUT2D eigenvalue weighted by atomic mass is 9.62. The van der Waals surface area contributed by atoms with E-state index in [9.17, 15) is 0 Å². The molecule has 0 N–H and O–H groups in total. The molecule has 1 heteroatoms. The van der Waals surface area contributed by atoms with Crippen LogP contribution in [0.25, 0.3) is 0 Å². The van der Waals surface area contributed by atoms with Crippen molar-refractivity contribution >= 4 is 0 Å². The first-order valence-electron chi connectivity index (χ1n) is 9.57. The van der Waals surface area contributed by atoms with E-state index in [-0.39, 0.29) is 0 Å². The summed E-state index contributed by atoms with van der Waals surface area (Å²) < 4.78 is 0. The monoisotopic (exact) mass is 289 g/mol. The minimum absolute atomic E-state index is 0.699. The zero-order valence-electron chi connectivity index (χ0n) is 14.4. The van der Waals surface area contributed by atoms with Crippen LogP contribution in [0.5, 0.6) is 0 Å². The number of fused-ring (bicyclic) bond motifs is 1. The first-order chi connectivity index (χ1) is 10.2. The van der Waals surface area contributed by atoms with Gasteiger partial charge >= 0.3 is 0 Å². The molecule has 2 aliphatic carbocycles. The van der Waals surface area contributed by atoms with Gasteiger partial charge in [-0.3, -0.25) is 4.90 Å². The molecule has 120 valence electrons. The Morgan fingerprint density at radius 2 is 1.62 bits per heavy atom. The van der Waals surface area contributed by atoms with Gasteiger partial charge in [-0.1, -0.05) is 44.8 Å². The van der Waals surface area contributed by atoms with Crippen LogP contribution < -0.4 is 0 Å². The summed E-state index contributed by atoms with van der Waals surface area (Å²) in [6, 6.07) is 1.46. The van der Waals surface area contributed by atoms with Gasteiger partial charge in [0, 0.05) is 12.1 Å². The minimum Gasteiger partial charge on any atom is -0.297 e. The Morgan fingerprint density at radius 1 is 0.810 bits per heavy atom. The lowest BCUT2D eigenvalue weighted by molar-refractivity contribution is 0.0887. The smallest absolute Gasteiger partial charge is 0.0278 e. The molecule has 0 bridgehead atoms. The van der Waals surface area contributed by atoms with Crippen LogP contribution in [0.2, 0.25) is 0 Å². The van der Waals surface area contributed by atoms with Crippen LogP contribution in [-0.4, -0.2) is 24.0 Å². The Morgan fingerprint density at radius 3 is 2.48 bits per heavy atom. The topological polar surface area (TPSA) is 3.24 Å². The lowest BCUT2D eigenvalue weighted by Gasteiger charge is -2.44. The first kappa shape index (κ1) is 15.6. The van der Waals surface area contributed by atoms with Crippen molar-refractivity contribution in [2.24, 2.45) is 23.7 Å². The molecule has 3 aliphatic rings. The molecule has 0 spiro atoms. The fourth-order valence-corrected chi connectivity index (χ4v) is 5.37. The fraction of sp³-hybridized carbons (Fsp3) is 0.900. The van der Waals surface area contributed by atoms with Gasteiger partial charge in [0.05, 0.1) is 0 Å². The van der Waals surface area contributed by atoms with Crippen LogP contribution in [0.15, 0.2) is 12.2 Å². The van der Waals surface area contributed by atoms with Crippen molar-refractivity contribution in [3.05, 3.63) is 12.2 Å². The van der Waals surface area contributed by atoms with Crippen molar-refractivity contribution < 1.29 is 0 Å². The van der Waals surface area contributed by atoms with Crippen LogP contribution in [0.3, 0.4) is 0 Å². The number of rotatable bonds is 2. The Labute approximate surface area is 132 Å². The van der Waals surface area contributed by atoms with Crippen molar-refractivity contribution in [3.63, 3.8) is 0 Å². The maximum atomic E-state index is 2.66. The highest BCUT2D eigenvalue weighted by Gasteiger charge is 2.37. The molecule has 1 heterocycles. The molecule has 0 aromatic heterocycles. The maximum Gasteiger partial charge on any atom is 0.0278 e. The number of nitrogens with zero attached hydrogens (tertiary/aromatic N) is 1. The molecule has 1 nitrogen and oxygen atoms in total. The summed E-state index contributed by atoms with van der Waals surface area (Å²) in [5.74, 6) is 3.83. The molecule has 3 rings (SSSR count). The molecular weight excluding hydrogens is 254 g/mol. The van der Waals surface area contributed by atoms with Gasteiger partial charge in [-0.15, -0.1) is 0 Å². The van der Waals surface area contributed by atoms with Gasteiger partial charge in [-0.25, -0.2) is 0 Å². The zero-order chi connectivity index (χ0) is 14.8. The van der Waals surface area contributed by atoms with Crippen molar-refractivity contribution in [1.29, 1.82) is 0 Å². The molecule has 6 atom stereocenters. The maximum absolute atomic E-state index is 2.66. The summed E-state index contributed by atoms with van der Waals surface area (Å²) in [4.78, 5) is 2.60. The lowest BCUT2D eigenvalue weighted by Crippen LogP contribution is -2.41. The predicted molar refractivity (Wildman–Crippen MR) is 91.3 cm³/mol. The third-order valence-electron chi connectivity index (χ3n) is 7.01. The fourth-order valence-electron chi connectivity index (χ4n) is 5.37. The van der Waals surface area contributed by atoms with Gasteiger partial charge in [-0.05, 0) is 69.7 Å². The highest BCUT2D eigenvalue weighted by atomic mass is 15.2.